The van der Waals surface area contributed by atoms with Gasteiger partial charge in [0.05, 0.1) is 26.7 Å². The Bertz CT molecular complexity index is 1440. The van der Waals surface area contributed by atoms with Gasteiger partial charge in [-0.1, -0.05) is 47.5 Å². The number of pyridine rings is 2. The van der Waals surface area contributed by atoms with E-state index in [4.69, 9.17) is 23.2 Å². The van der Waals surface area contributed by atoms with Gasteiger partial charge in [0.25, 0.3) is 10.0 Å². The molecule has 0 aliphatic rings. The highest BCUT2D eigenvalue weighted by Gasteiger charge is 2.21. The van der Waals surface area contributed by atoms with E-state index in [-0.39, 0.29) is 15.6 Å². The normalized spacial score (nSPS) is 11.4. The fraction of sp³-hybridized carbons (Fsp3) is 0. The zero-order chi connectivity index (χ0) is 22.2. The number of rotatable bonds is 5. The summed E-state index contributed by atoms with van der Waals surface area (Å²) >= 11 is 12.3. The molecular formula is C20H12Cl2N4O4S. The topological polar surface area (TPSA) is 115 Å². The molecule has 2 aromatic heterocycles. The van der Waals surface area contributed by atoms with Crippen molar-refractivity contribution in [2.24, 2.45) is 0 Å². The largest absolute Gasteiger partial charge is 0.365 e. The lowest BCUT2D eigenvalue weighted by molar-refractivity contribution is -0.389. The minimum atomic E-state index is -4.10. The summed E-state index contributed by atoms with van der Waals surface area (Å²) in [6.45, 7) is 0. The van der Waals surface area contributed by atoms with Crippen molar-refractivity contribution in [3.05, 3.63) is 87.2 Å². The van der Waals surface area contributed by atoms with Gasteiger partial charge in [0, 0.05) is 17.1 Å². The fourth-order valence-electron chi connectivity index (χ4n) is 2.99. The predicted molar refractivity (Wildman–Crippen MR) is 119 cm³/mol. The van der Waals surface area contributed by atoms with Gasteiger partial charge in [-0.05, 0) is 39.6 Å². The zero-order valence-corrected chi connectivity index (χ0v) is 17.8. The van der Waals surface area contributed by atoms with E-state index in [1.807, 2.05) is 30.3 Å². The Morgan fingerprint density at radius 2 is 1.74 bits per heavy atom. The van der Waals surface area contributed by atoms with Crippen LogP contribution in [0.4, 0.5) is 11.5 Å². The van der Waals surface area contributed by atoms with E-state index in [9.17, 15) is 18.5 Å². The Hall–Kier alpha value is -3.27. The first-order valence-electron chi connectivity index (χ1n) is 8.73. The summed E-state index contributed by atoms with van der Waals surface area (Å²) in [4.78, 5) is 18.0. The number of nitro groups is 1. The van der Waals surface area contributed by atoms with Crippen LogP contribution >= 0.6 is 23.2 Å². The van der Waals surface area contributed by atoms with E-state index in [2.05, 4.69) is 14.7 Å². The van der Waals surface area contributed by atoms with Crippen LogP contribution in [0.15, 0.2) is 71.9 Å². The second kappa shape index (κ2) is 8.10. The van der Waals surface area contributed by atoms with Gasteiger partial charge in [-0.15, -0.1) is 0 Å². The summed E-state index contributed by atoms with van der Waals surface area (Å²) in [5, 5.41) is 12.7. The first kappa shape index (κ1) is 21.0. The summed E-state index contributed by atoms with van der Waals surface area (Å²) in [7, 11) is -4.10. The van der Waals surface area contributed by atoms with Gasteiger partial charge >= 0.3 is 5.82 Å². The molecule has 156 valence electrons. The Morgan fingerprint density at radius 1 is 0.968 bits per heavy atom. The molecule has 0 fully saturated rings. The SMILES string of the molecule is O=[N+]([O-])c1cc(Cl)c(NS(=O)(=O)c2ccc(Cl)c(-c3nccc4ccccc34)c2)cn1. The zero-order valence-electron chi connectivity index (χ0n) is 15.5. The van der Waals surface area contributed by atoms with Crippen molar-refractivity contribution >= 4 is 55.5 Å². The number of benzene rings is 2. The quantitative estimate of drug-likeness (QED) is 0.309. The van der Waals surface area contributed by atoms with Crippen molar-refractivity contribution < 1.29 is 13.3 Å². The monoisotopic (exact) mass is 474 g/mol. The second-order valence-corrected chi connectivity index (χ2v) is 8.90. The molecule has 2 aromatic carbocycles. The Morgan fingerprint density at radius 3 is 2.48 bits per heavy atom. The van der Waals surface area contributed by atoms with Crippen molar-refractivity contribution in [1.82, 2.24) is 9.97 Å². The summed E-state index contributed by atoms with van der Waals surface area (Å²) in [5.74, 6) is -0.497. The number of nitrogens with one attached hydrogen (secondary N) is 1. The van der Waals surface area contributed by atoms with Gasteiger partial charge < -0.3 is 10.1 Å². The minimum Gasteiger partial charge on any atom is -0.358 e. The molecule has 0 spiro atoms. The molecule has 2 heterocycles. The van der Waals surface area contributed by atoms with Crippen molar-refractivity contribution in [3.8, 4) is 11.3 Å². The Labute approximate surface area is 186 Å². The third-order valence-electron chi connectivity index (χ3n) is 4.45. The van der Waals surface area contributed by atoms with Crippen LogP contribution in [-0.2, 0) is 10.0 Å². The van der Waals surface area contributed by atoms with Gasteiger partial charge in [0.1, 0.15) is 5.69 Å². The van der Waals surface area contributed by atoms with Gasteiger partial charge in [0.15, 0.2) is 6.20 Å². The highest BCUT2D eigenvalue weighted by atomic mass is 35.5. The van der Waals surface area contributed by atoms with Crippen molar-refractivity contribution in [2.45, 2.75) is 4.90 Å². The summed E-state index contributed by atoms with van der Waals surface area (Å²) in [6, 6.07) is 14.6. The molecule has 4 rings (SSSR count). The smallest absolute Gasteiger partial charge is 0.358 e. The molecule has 0 saturated heterocycles. The van der Waals surface area contributed by atoms with Crippen molar-refractivity contribution in [3.63, 3.8) is 0 Å². The van der Waals surface area contributed by atoms with Crippen molar-refractivity contribution in [2.75, 3.05) is 4.72 Å². The Balaban J connectivity index is 1.76. The van der Waals surface area contributed by atoms with Gasteiger partial charge in [-0.2, -0.15) is 0 Å². The average molecular weight is 475 g/mol. The van der Waals surface area contributed by atoms with Crippen LogP contribution in [0.3, 0.4) is 0 Å². The van der Waals surface area contributed by atoms with Crippen LogP contribution in [0.2, 0.25) is 10.0 Å². The Kier molecular flexibility index (Phi) is 5.48. The minimum absolute atomic E-state index is 0.0870. The summed E-state index contributed by atoms with van der Waals surface area (Å²) < 4.78 is 28.2. The molecule has 0 radical (unpaired) electrons. The standard InChI is InChI=1S/C20H12Cl2N4O4S/c21-16-6-5-13(9-15(16)20-14-4-2-1-3-12(14)7-8-23-20)31(29,30)25-18-11-24-19(26(27)28)10-17(18)22/h1-11,25H. The predicted octanol–water partition coefficient (Wildman–Crippen LogP) is 5.31. The lowest BCUT2D eigenvalue weighted by Gasteiger charge is -2.12. The average Bonchev–Trinajstić information content (AvgIpc) is 2.75. The number of anilines is 1. The van der Waals surface area contributed by atoms with Gasteiger partial charge in [0.2, 0.25) is 0 Å². The maximum absolute atomic E-state index is 12.9. The van der Waals surface area contributed by atoms with E-state index in [1.54, 1.807) is 6.20 Å². The lowest BCUT2D eigenvalue weighted by Crippen LogP contribution is -2.14. The van der Waals surface area contributed by atoms with Crippen LogP contribution in [0, 0.1) is 10.1 Å². The first-order valence-corrected chi connectivity index (χ1v) is 11.0. The number of halogens is 2. The molecule has 11 heteroatoms. The lowest BCUT2D eigenvalue weighted by atomic mass is 10.0. The van der Waals surface area contributed by atoms with E-state index in [0.717, 1.165) is 23.0 Å². The molecule has 0 amide bonds. The number of hydrogen-bond acceptors (Lipinski definition) is 6. The third-order valence-corrected chi connectivity index (χ3v) is 6.45. The first-order chi connectivity index (χ1) is 14.8. The molecule has 0 saturated carbocycles. The second-order valence-electron chi connectivity index (χ2n) is 6.41. The molecule has 0 unspecified atom stereocenters. The van der Waals surface area contributed by atoms with Crippen LogP contribution in [0.25, 0.3) is 22.0 Å². The maximum Gasteiger partial charge on any atom is 0.365 e. The number of nitrogens with zero attached hydrogens (tertiary/aromatic N) is 3. The molecule has 0 atom stereocenters. The molecule has 0 aliphatic heterocycles. The van der Waals surface area contributed by atoms with E-state index in [0.29, 0.717) is 16.3 Å². The maximum atomic E-state index is 12.9. The molecule has 1 N–H and O–H groups in total. The molecular weight excluding hydrogens is 463 g/mol. The number of aromatic nitrogens is 2. The molecule has 8 nitrogen and oxygen atoms in total. The molecule has 0 aliphatic carbocycles. The highest BCUT2D eigenvalue weighted by Crippen LogP contribution is 2.34. The molecule has 4 aromatic rings. The highest BCUT2D eigenvalue weighted by molar-refractivity contribution is 7.92. The third kappa shape index (κ3) is 4.15. The molecule has 31 heavy (non-hydrogen) atoms. The van der Waals surface area contributed by atoms with E-state index < -0.39 is 20.8 Å². The fourth-order valence-corrected chi connectivity index (χ4v) is 4.53. The van der Waals surface area contributed by atoms with Crippen LogP contribution in [-0.4, -0.2) is 23.3 Å². The van der Waals surface area contributed by atoms with Crippen molar-refractivity contribution in [1.29, 1.82) is 0 Å². The summed E-state index contributed by atoms with van der Waals surface area (Å²) in [6.07, 6.45) is 2.61. The van der Waals surface area contributed by atoms with Crippen LogP contribution in [0.5, 0.6) is 0 Å². The number of fused-ring (bicyclic) bond motifs is 1. The van der Waals surface area contributed by atoms with Crippen LogP contribution < -0.4 is 4.72 Å². The van der Waals surface area contributed by atoms with Gasteiger partial charge in [-0.3, -0.25) is 9.71 Å². The van der Waals surface area contributed by atoms with Crippen LogP contribution in [0.1, 0.15) is 0 Å². The molecule has 0 bridgehead atoms. The number of sulfonamides is 1. The summed E-state index contributed by atoms with van der Waals surface area (Å²) in [5.41, 5.74) is 0.886. The number of hydrogen-bond donors (Lipinski definition) is 1. The van der Waals surface area contributed by atoms with E-state index >= 15 is 0 Å². The van der Waals surface area contributed by atoms with Gasteiger partial charge in [-0.25, -0.2) is 8.42 Å². The van der Waals surface area contributed by atoms with E-state index in [1.165, 1.54) is 18.2 Å².